The van der Waals surface area contributed by atoms with Crippen molar-refractivity contribution in [2.45, 2.75) is 32.9 Å². The molecule has 0 saturated carbocycles. The number of rotatable bonds is 6. The molecule has 36 heavy (non-hydrogen) atoms. The van der Waals surface area contributed by atoms with Gasteiger partial charge in [0.25, 0.3) is 11.8 Å². The first-order valence-electron chi connectivity index (χ1n) is 11.5. The van der Waals surface area contributed by atoms with Gasteiger partial charge in [-0.3, -0.25) is 24.1 Å². The summed E-state index contributed by atoms with van der Waals surface area (Å²) in [4.78, 5) is 53.4. The molecule has 184 valence electrons. The predicted molar refractivity (Wildman–Crippen MR) is 133 cm³/mol. The van der Waals surface area contributed by atoms with Crippen molar-refractivity contribution in [2.24, 2.45) is 0 Å². The lowest BCUT2D eigenvalue weighted by Gasteiger charge is -2.25. The summed E-state index contributed by atoms with van der Waals surface area (Å²) >= 11 is 0. The number of phenols is 1. The van der Waals surface area contributed by atoms with Crippen LogP contribution in [-0.4, -0.2) is 41.3 Å². The topological polar surface area (TPSA) is 113 Å². The number of aryl methyl sites for hydroxylation is 2. The van der Waals surface area contributed by atoms with Crippen molar-refractivity contribution < 1.29 is 29.0 Å². The number of anilines is 1. The minimum Gasteiger partial charge on any atom is -0.507 e. The third-order valence-corrected chi connectivity index (χ3v) is 6.04. The number of carbonyl (C=O) groups is 4. The minimum atomic E-state index is -1.19. The largest absolute Gasteiger partial charge is 0.507 e. The number of aromatic hydroxyl groups is 1. The Hall–Kier alpha value is -4.46. The van der Waals surface area contributed by atoms with Crippen LogP contribution in [0.4, 0.5) is 5.69 Å². The van der Waals surface area contributed by atoms with Gasteiger partial charge in [0.15, 0.2) is 5.78 Å². The van der Waals surface area contributed by atoms with E-state index in [1.165, 1.54) is 17.0 Å². The van der Waals surface area contributed by atoms with E-state index >= 15 is 0 Å². The van der Waals surface area contributed by atoms with Gasteiger partial charge in [0.1, 0.15) is 24.9 Å². The molecule has 0 bridgehead atoms. The molecule has 0 fully saturated rings. The number of benzene rings is 3. The number of fused-ring (bicyclic) bond motifs is 1. The highest BCUT2D eigenvalue weighted by atomic mass is 16.5. The highest BCUT2D eigenvalue weighted by Crippen LogP contribution is 2.28. The molecule has 0 aliphatic carbocycles. The molecule has 1 aliphatic heterocycles. The average molecular weight is 487 g/mol. The number of ketones is 1. The standard InChI is InChI=1S/C28H26N2O6/c1-17-12-20(13-18(2)26(17)33)27(34)29-22-14-24(31)21-10-6-7-11-23(21)30(28(22)35)15-25(32)36-16-19-8-4-3-5-9-19/h3-13,22,33H,14-16H2,1-2H3,(H,29,34)/t22-/m0/s1. The maximum absolute atomic E-state index is 13.5. The zero-order chi connectivity index (χ0) is 25.8. The summed E-state index contributed by atoms with van der Waals surface area (Å²) < 4.78 is 5.36. The van der Waals surface area contributed by atoms with Crippen LogP contribution in [-0.2, 0) is 20.9 Å². The molecular formula is C28H26N2O6. The number of phenolic OH excluding ortho intramolecular Hbond substituents is 1. The Kier molecular flexibility index (Phi) is 7.15. The van der Waals surface area contributed by atoms with Crippen molar-refractivity contribution in [3.63, 3.8) is 0 Å². The normalized spacial score (nSPS) is 15.2. The van der Waals surface area contributed by atoms with Gasteiger partial charge in [0.05, 0.1) is 5.69 Å². The number of hydrogen-bond donors (Lipinski definition) is 2. The van der Waals surface area contributed by atoms with Crippen LogP contribution < -0.4 is 10.2 Å². The first-order chi connectivity index (χ1) is 17.2. The number of amides is 2. The van der Waals surface area contributed by atoms with E-state index < -0.39 is 30.4 Å². The van der Waals surface area contributed by atoms with E-state index in [0.717, 1.165) is 5.56 Å². The molecule has 4 rings (SSSR count). The zero-order valence-corrected chi connectivity index (χ0v) is 20.0. The molecule has 0 radical (unpaired) electrons. The Morgan fingerprint density at radius 3 is 2.33 bits per heavy atom. The summed E-state index contributed by atoms with van der Waals surface area (Å²) in [5.74, 6) is -2.05. The molecular weight excluding hydrogens is 460 g/mol. The molecule has 1 heterocycles. The molecule has 1 aliphatic rings. The second-order valence-electron chi connectivity index (χ2n) is 8.70. The highest BCUT2D eigenvalue weighted by Gasteiger charge is 2.36. The lowest BCUT2D eigenvalue weighted by molar-refractivity contribution is -0.144. The van der Waals surface area contributed by atoms with Crippen molar-refractivity contribution in [1.82, 2.24) is 5.32 Å². The van der Waals surface area contributed by atoms with E-state index in [0.29, 0.717) is 11.1 Å². The number of Topliss-reactive ketones (excluding diaryl/α,β-unsaturated/α-hetero) is 1. The monoisotopic (exact) mass is 486 g/mol. The van der Waals surface area contributed by atoms with Gasteiger partial charge in [0, 0.05) is 17.5 Å². The Labute approximate surface area is 208 Å². The quantitative estimate of drug-likeness (QED) is 0.516. The van der Waals surface area contributed by atoms with Crippen molar-refractivity contribution >= 4 is 29.3 Å². The number of nitrogens with one attached hydrogen (secondary N) is 1. The molecule has 8 nitrogen and oxygen atoms in total. The summed E-state index contributed by atoms with van der Waals surface area (Å²) in [7, 11) is 0. The predicted octanol–water partition coefficient (Wildman–Crippen LogP) is 3.47. The third kappa shape index (κ3) is 5.27. The van der Waals surface area contributed by atoms with Crippen LogP contribution in [0.1, 0.15) is 43.8 Å². The molecule has 2 amide bonds. The van der Waals surface area contributed by atoms with Gasteiger partial charge in [-0.2, -0.15) is 0 Å². The first kappa shape index (κ1) is 24.7. The van der Waals surface area contributed by atoms with Crippen LogP contribution in [0.25, 0.3) is 0 Å². The van der Waals surface area contributed by atoms with Crippen molar-refractivity contribution in [1.29, 1.82) is 0 Å². The molecule has 0 aromatic heterocycles. The number of nitrogens with zero attached hydrogens (tertiary/aromatic N) is 1. The molecule has 3 aromatic carbocycles. The smallest absolute Gasteiger partial charge is 0.326 e. The summed E-state index contributed by atoms with van der Waals surface area (Å²) in [6, 6.07) is 17.5. The Bertz CT molecular complexity index is 1310. The second-order valence-corrected chi connectivity index (χ2v) is 8.70. The zero-order valence-electron chi connectivity index (χ0n) is 20.0. The lowest BCUT2D eigenvalue weighted by Crippen LogP contribution is -2.49. The molecule has 8 heteroatoms. The fourth-order valence-corrected chi connectivity index (χ4v) is 4.15. The van der Waals surface area contributed by atoms with E-state index in [4.69, 9.17) is 4.74 Å². The first-order valence-corrected chi connectivity index (χ1v) is 11.5. The van der Waals surface area contributed by atoms with E-state index in [1.54, 1.807) is 38.1 Å². The van der Waals surface area contributed by atoms with Gasteiger partial charge in [-0.15, -0.1) is 0 Å². The summed E-state index contributed by atoms with van der Waals surface area (Å²) in [6.07, 6.45) is -0.257. The molecule has 1 atom stereocenters. The third-order valence-electron chi connectivity index (χ3n) is 6.04. The van der Waals surface area contributed by atoms with Crippen LogP contribution in [0.15, 0.2) is 66.7 Å². The number of esters is 1. The van der Waals surface area contributed by atoms with Crippen molar-refractivity contribution in [3.8, 4) is 5.75 Å². The van der Waals surface area contributed by atoms with Crippen LogP contribution >= 0.6 is 0 Å². The molecule has 0 unspecified atom stereocenters. The molecule has 2 N–H and O–H groups in total. The number of ether oxygens (including phenoxy) is 1. The summed E-state index contributed by atoms with van der Waals surface area (Å²) in [6.45, 7) is 2.96. The number of carbonyl (C=O) groups excluding carboxylic acids is 4. The van der Waals surface area contributed by atoms with Gasteiger partial charge in [-0.1, -0.05) is 42.5 Å². The molecule has 0 saturated heterocycles. The van der Waals surface area contributed by atoms with Gasteiger partial charge >= 0.3 is 5.97 Å². The van der Waals surface area contributed by atoms with E-state index in [1.807, 2.05) is 30.3 Å². The summed E-state index contributed by atoms with van der Waals surface area (Å²) in [5.41, 5.74) is 2.65. The van der Waals surface area contributed by atoms with Gasteiger partial charge in [-0.05, 0) is 54.8 Å². The Morgan fingerprint density at radius 2 is 1.64 bits per heavy atom. The Morgan fingerprint density at radius 1 is 1.00 bits per heavy atom. The van der Waals surface area contributed by atoms with E-state index in [2.05, 4.69) is 5.32 Å². The van der Waals surface area contributed by atoms with Gasteiger partial charge < -0.3 is 15.2 Å². The highest BCUT2D eigenvalue weighted by molar-refractivity contribution is 6.14. The maximum Gasteiger partial charge on any atom is 0.326 e. The van der Waals surface area contributed by atoms with E-state index in [9.17, 15) is 24.3 Å². The van der Waals surface area contributed by atoms with Crippen LogP contribution in [0.5, 0.6) is 5.75 Å². The van der Waals surface area contributed by atoms with Crippen LogP contribution in [0.3, 0.4) is 0 Å². The van der Waals surface area contributed by atoms with Crippen LogP contribution in [0, 0.1) is 13.8 Å². The SMILES string of the molecule is Cc1cc(C(=O)N[C@H]2CC(=O)c3ccccc3N(CC(=O)OCc3ccccc3)C2=O)cc(C)c1O. The van der Waals surface area contributed by atoms with E-state index in [-0.39, 0.29) is 41.4 Å². The van der Waals surface area contributed by atoms with Crippen molar-refractivity contribution in [3.05, 3.63) is 94.5 Å². The maximum atomic E-state index is 13.5. The molecule has 3 aromatic rings. The van der Waals surface area contributed by atoms with Crippen LogP contribution in [0.2, 0.25) is 0 Å². The summed E-state index contributed by atoms with van der Waals surface area (Å²) in [5, 5.41) is 12.6. The van der Waals surface area contributed by atoms with Gasteiger partial charge in [-0.25, -0.2) is 0 Å². The molecule has 0 spiro atoms. The fourth-order valence-electron chi connectivity index (χ4n) is 4.15. The number of para-hydroxylation sites is 1. The lowest BCUT2D eigenvalue weighted by atomic mass is 10.0. The Balaban J connectivity index is 1.57. The van der Waals surface area contributed by atoms with Gasteiger partial charge in [0.2, 0.25) is 0 Å². The fraction of sp³-hybridized carbons (Fsp3) is 0.214. The van der Waals surface area contributed by atoms with Crippen molar-refractivity contribution in [2.75, 3.05) is 11.4 Å². The average Bonchev–Trinajstić information content (AvgIpc) is 2.97. The minimum absolute atomic E-state index is 0.0437. The second kappa shape index (κ2) is 10.4. The number of hydrogen-bond acceptors (Lipinski definition) is 6.